The highest BCUT2D eigenvalue weighted by Crippen LogP contribution is 2.60. The van der Waals surface area contributed by atoms with E-state index < -0.39 is 35.8 Å². The van der Waals surface area contributed by atoms with Crippen LogP contribution in [0.1, 0.15) is 63.9 Å². The summed E-state index contributed by atoms with van der Waals surface area (Å²) >= 11 is 2.06. The zero-order valence-electron chi connectivity index (χ0n) is 24.9. The molecule has 11 heteroatoms. The third-order valence-electron chi connectivity index (χ3n) is 9.83. The molecule has 5 aliphatic carbocycles. The molecule has 1 aromatic carbocycles. The van der Waals surface area contributed by atoms with Crippen molar-refractivity contribution in [2.24, 2.45) is 23.2 Å². The first-order chi connectivity index (χ1) is 20.6. The van der Waals surface area contributed by atoms with Crippen LogP contribution in [0, 0.1) is 26.7 Å². The number of aliphatic hydroxyl groups excluding tert-OH is 3. The van der Waals surface area contributed by atoms with Crippen molar-refractivity contribution in [1.29, 1.82) is 0 Å². The molecule has 0 spiro atoms. The number of benzene rings is 1. The number of amides is 2. The van der Waals surface area contributed by atoms with Gasteiger partial charge >= 0.3 is 0 Å². The fraction of sp³-hybridized carbons (Fsp3) is 0.656. The van der Waals surface area contributed by atoms with Gasteiger partial charge in [0.05, 0.1) is 29.9 Å². The Morgan fingerprint density at radius 2 is 1.74 bits per heavy atom. The molecule has 4 fully saturated rings. The second-order valence-electron chi connectivity index (χ2n) is 12.9. The van der Waals surface area contributed by atoms with E-state index in [0.717, 1.165) is 19.3 Å². The molecule has 0 saturated heterocycles. The molecule has 1 aromatic rings. The first kappa shape index (κ1) is 32.2. The van der Waals surface area contributed by atoms with E-state index in [0.29, 0.717) is 50.5 Å². The highest BCUT2D eigenvalue weighted by atomic mass is 127. The number of hydrogen-bond donors (Lipinski definition) is 4. The number of nitrogens with zero attached hydrogens (tertiary/aromatic N) is 1. The van der Waals surface area contributed by atoms with E-state index in [2.05, 4.69) is 27.9 Å². The summed E-state index contributed by atoms with van der Waals surface area (Å²) in [4.78, 5) is 41.5. The smallest absolute Gasteiger partial charge is 0.290 e. The summed E-state index contributed by atoms with van der Waals surface area (Å²) in [6, 6.07) is 2.51. The first-order valence-electron chi connectivity index (χ1n) is 15.4. The van der Waals surface area contributed by atoms with Gasteiger partial charge in [0.15, 0.2) is 11.5 Å². The Kier molecular flexibility index (Phi) is 10.0. The van der Waals surface area contributed by atoms with E-state index >= 15 is 0 Å². The summed E-state index contributed by atoms with van der Waals surface area (Å²) in [5.41, 5.74) is 0.830. The Morgan fingerprint density at radius 3 is 2.30 bits per heavy atom. The van der Waals surface area contributed by atoms with Crippen molar-refractivity contribution in [1.82, 2.24) is 10.2 Å². The van der Waals surface area contributed by atoms with Crippen molar-refractivity contribution in [2.75, 3.05) is 26.8 Å². The van der Waals surface area contributed by atoms with E-state index in [9.17, 15) is 29.7 Å². The Hall–Kier alpha value is -2.22. The Balaban J connectivity index is 1.51. The van der Waals surface area contributed by atoms with Crippen LogP contribution in [0.15, 0.2) is 23.8 Å². The molecule has 2 amide bonds. The molecule has 6 rings (SSSR count). The van der Waals surface area contributed by atoms with Crippen LogP contribution in [0.2, 0.25) is 0 Å². The van der Waals surface area contributed by atoms with Gasteiger partial charge in [0.2, 0.25) is 11.7 Å². The lowest BCUT2D eigenvalue weighted by Gasteiger charge is -2.58. The number of ketones is 1. The van der Waals surface area contributed by atoms with Crippen molar-refractivity contribution in [3.05, 3.63) is 32.9 Å². The van der Waals surface area contributed by atoms with Crippen LogP contribution in [0.3, 0.4) is 0 Å². The molecule has 0 heterocycles. The maximum absolute atomic E-state index is 13.8. The maximum atomic E-state index is 13.8. The normalized spacial score (nSPS) is 30.9. The lowest BCUT2D eigenvalue weighted by atomic mass is 9.49. The van der Waals surface area contributed by atoms with Crippen molar-refractivity contribution in [3.63, 3.8) is 0 Å². The van der Waals surface area contributed by atoms with Gasteiger partial charge in [-0.05, 0) is 108 Å². The second-order valence-corrected chi connectivity index (χ2v) is 14.1. The fourth-order valence-corrected chi connectivity index (χ4v) is 9.18. The Morgan fingerprint density at radius 1 is 1.09 bits per heavy atom. The molecule has 5 aliphatic rings. The molecule has 3 atom stereocenters. The van der Waals surface area contributed by atoms with E-state index in [-0.39, 0.29) is 38.0 Å². The topological polar surface area (TPSA) is 146 Å². The predicted molar refractivity (Wildman–Crippen MR) is 166 cm³/mol. The van der Waals surface area contributed by atoms with Gasteiger partial charge in [-0.15, -0.1) is 0 Å². The highest BCUT2D eigenvalue weighted by Gasteiger charge is 2.53. The van der Waals surface area contributed by atoms with Gasteiger partial charge in [-0.25, -0.2) is 0 Å². The van der Waals surface area contributed by atoms with Gasteiger partial charge in [0.25, 0.3) is 5.91 Å². The Bertz CT molecular complexity index is 1230. The summed E-state index contributed by atoms with van der Waals surface area (Å²) in [5, 5.41) is 33.5. The van der Waals surface area contributed by atoms with Crippen molar-refractivity contribution in [2.45, 2.75) is 83.1 Å². The molecule has 4 N–H and O–H groups in total. The number of Topliss-reactive ketones (excluding diaryl/α,β-unsaturated/α-hetero) is 1. The molecule has 3 unspecified atom stereocenters. The monoisotopic (exact) mass is 710 g/mol. The minimum atomic E-state index is -1.24. The number of carbonyl (C=O) groups excluding carboxylic acids is 3. The highest BCUT2D eigenvalue weighted by molar-refractivity contribution is 14.1. The van der Waals surface area contributed by atoms with Crippen LogP contribution in [0.25, 0.3) is 0 Å². The number of carbonyl (C=O) groups is 3. The quantitative estimate of drug-likeness (QED) is 0.192. The van der Waals surface area contributed by atoms with Crippen LogP contribution in [-0.4, -0.2) is 82.9 Å². The van der Waals surface area contributed by atoms with E-state index in [1.807, 2.05) is 0 Å². The second kappa shape index (κ2) is 13.4. The summed E-state index contributed by atoms with van der Waals surface area (Å²) in [7, 11) is 1.48. The number of aliphatic hydroxyl groups is 3. The van der Waals surface area contributed by atoms with Crippen LogP contribution < -0.4 is 14.8 Å². The molecule has 236 valence electrons. The number of nitrogens with one attached hydrogen (secondary N) is 1. The third kappa shape index (κ3) is 6.74. The van der Waals surface area contributed by atoms with Crippen molar-refractivity contribution >= 4 is 40.2 Å². The molecular weight excluding hydrogens is 667 g/mol. The van der Waals surface area contributed by atoms with Crippen LogP contribution in [-0.2, 0) is 21.0 Å². The van der Waals surface area contributed by atoms with Crippen molar-refractivity contribution < 1.29 is 39.2 Å². The van der Waals surface area contributed by atoms with Crippen LogP contribution in [0.5, 0.6) is 11.5 Å². The number of methoxy groups -OCH3 is 1. The minimum absolute atomic E-state index is 0.0467. The summed E-state index contributed by atoms with van der Waals surface area (Å²) in [6.07, 6.45) is 6.10. The molecule has 4 bridgehead atoms. The summed E-state index contributed by atoms with van der Waals surface area (Å²) in [5.74, 6) is 1.01. The summed E-state index contributed by atoms with van der Waals surface area (Å²) in [6.45, 7) is 1.65. The fourth-order valence-electron chi connectivity index (χ4n) is 8.39. The average molecular weight is 711 g/mol. The molecular formula is C32H43IN2O8. The van der Waals surface area contributed by atoms with Gasteiger partial charge in [-0.2, -0.15) is 0 Å². The third-order valence-corrected chi connectivity index (χ3v) is 10.6. The first-order valence-corrected chi connectivity index (χ1v) is 16.4. The average Bonchev–Trinajstić information content (AvgIpc) is 2.98. The number of hydrogen-bond acceptors (Lipinski definition) is 8. The van der Waals surface area contributed by atoms with Crippen molar-refractivity contribution in [3.8, 4) is 11.5 Å². The predicted octanol–water partition coefficient (Wildman–Crippen LogP) is 2.73. The summed E-state index contributed by atoms with van der Waals surface area (Å²) < 4.78 is 12.5. The van der Waals surface area contributed by atoms with Gasteiger partial charge in [0.1, 0.15) is 12.2 Å². The van der Waals surface area contributed by atoms with Gasteiger partial charge in [0, 0.05) is 31.5 Å². The molecule has 10 nitrogen and oxygen atoms in total. The number of ether oxygens (including phenoxy) is 2. The van der Waals surface area contributed by atoms with Gasteiger partial charge in [-0.1, -0.05) is 6.92 Å². The maximum Gasteiger partial charge on any atom is 0.290 e. The van der Waals surface area contributed by atoms with E-state index in [1.165, 1.54) is 26.4 Å². The zero-order valence-corrected chi connectivity index (χ0v) is 27.0. The molecule has 0 aliphatic heterocycles. The largest absolute Gasteiger partial charge is 0.493 e. The number of rotatable bonds is 12. The molecule has 0 radical (unpaired) electrons. The molecule has 43 heavy (non-hydrogen) atoms. The van der Waals surface area contributed by atoms with Gasteiger partial charge < -0.3 is 35.0 Å². The van der Waals surface area contributed by atoms with E-state index in [4.69, 9.17) is 9.47 Å². The lowest BCUT2D eigenvalue weighted by molar-refractivity contribution is -0.154. The SMILES string of the molecule is CCC(=O)C(=O)N(CC12CC3CC(CC(C3)C1)C2)C1CC(C(=O)NCCO)=CC(Oc2c(I)cc(CO)cc2OC)C1O. The van der Waals surface area contributed by atoms with Gasteiger partial charge in [-0.3, -0.25) is 14.4 Å². The number of halogens is 1. The zero-order chi connectivity index (χ0) is 30.9. The lowest BCUT2D eigenvalue weighted by Crippen LogP contribution is -2.60. The Labute approximate surface area is 266 Å². The van der Waals surface area contributed by atoms with Crippen LogP contribution in [0.4, 0.5) is 0 Å². The van der Waals surface area contributed by atoms with Crippen LogP contribution >= 0.6 is 22.6 Å². The standard InChI is InChI=1S/C32H43IN2O8/c1-3-25(38)31(41)35(17-32-13-18-6-19(14-32)8-20(7-18)15-32)24-11-22(30(40)34-4-5-36)12-26(28(24)39)43-29-23(33)9-21(16-37)10-27(29)42-2/h9-10,12,18-20,24,26,28,36-37,39H,3-8,11,13-17H2,1-2H3,(H,34,40). The van der Waals surface area contributed by atoms with E-state index in [1.54, 1.807) is 30.0 Å². The minimum Gasteiger partial charge on any atom is -0.493 e. The molecule has 0 aromatic heterocycles. The molecule has 4 saturated carbocycles.